The lowest BCUT2D eigenvalue weighted by Crippen LogP contribution is -2.23. The Labute approximate surface area is 153 Å². The van der Waals surface area contributed by atoms with Gasteiger partial charge in [0, 0.05) is 3.57 Å². The number of hydrogen-bond donors (Lipinski definition) is 0. The van der Waals surface area contributed by atoms with Gasteiger partial charge in [-0.3, -0.25) is 0 Å². The molecule has 3 rings (SSSR count). The number of rotatable bonds is 3. The predicted molar refractivity (Wildman–Crippen MR) is 109 cm³/mol. The molecule has 118 valence electrons. The molecule has 0 nitrogen and oxygen atoms in total. The molecule has 1 heteroatoms. The highest BCUT2D eigenvalue weighted by atomic mass is 127. The fraction of sp³-hybridized carbons (Fsp3) is 0.273. The maximum atomic E-state index is 3.82. The van der Waals surface area contributed by atoms with Crippen molar-refractivity contribution in [2.45, 2.75) is 32.1 Å². The SMILES string of the molecule is C=C/C=C\[C@H]1C(C)c2ccc(-c3ccc(I)cc3)cc2C1(C)C. The van der Waals surface area contributed by atoms with E-state index >= 15 is 0 Å². The maximum Gasteiger partial charge on any atom is 0.0130 e. The van der Waals surface area contributed by atoms with Crippen molar-refractivity contribution in [2.24, 2.45) is 5.92 Å². The zero-order valence-corrected chi connectivity index (χ0v) is 16.2. The van der Waals surface area contributed by atoms with Crippen molar-refractivity contribution in [3.63, 3.8) is 0 Å². The number of hydrogen-bond acceptors (Lipinski definition) is 0. The fourth-order valence-electron chi connectivity index (χ4n) is 3.94. The van der Waals surface area contributed by atoms with Crippen LogP contribution in [0, 0.1) is 9.49 Å². The van der Waals surface area contributed by atoms with E-state index in [2.05, 4.69) is 105 Å². The summed E-state index contributed by atoms with van der Waals surface area (Å²) >= 11 is 2.35. The highest BCUT2D eigenvalue weighted by Crippen LogP contribution is 2.51. The Morgan fingerprint density at radius 2 is 1.70 bits per heavy atom. The molecule has 0 heterocycles. The smallest absolute Gasteiger partial charge is 0.0130 e. The van der Waals surface area contributed by atoms with E-state index in [4.69, 9.17) is 0 Å². The molecule has 0 N–H and O–H groups in total. The molecule has 23 heavy (non-hydrogen) atoms. The van der Waals surface area contributed by atoms with Crippen molar-refractivity contribution in [3.05, 3.63) is 82.0 Å². The summed E-state index contributed by atoms with van der Waals surface area (Å²) in [5, 5.41) is 0. The predicted octanol–water partition coefficient (Wildman–Crippen LogP) is 6.71. The van der Waals surface area contributed by atoms with Crippen molar-refractivity contribution in [1.29, 1.82) is 0 Å². The van der Waals surface area contributed by atoms with E-state index in [1.54, 1.807) is 0 Å². The van der Waals surface area contributed by atoms with Gasteiger partial charge in [-0.1, -0.05) is 75.9 Å². The first kappa shape index (κ1) is 16.5. The molecule has 2 aromatic carbocycles. The van der Waals surface area contributed by atoms with Crippen LogP contribution >= 0.6 is 22.6 Å². The first-order chi connectivity index (χ1) is 10.9. The van der Waals surface area contributed by atoms with Gasteiger partial charge in [0.15, 0.2) is 0 Å². The van der Waals surface area contributed by atoms with Crippen molar-refractivity contribution < 1.29 is 0 Å². The Bertz CT molecular complexity index is 750. The number of halogens is 1. The third-order valence-corrected chi connectivity index (χ3v) is 5.96. The van der Waals surface area contributed by atoms with Crippen molar-refractivity contribution >= 4 is 22.6 Å². The van der Waals surface area contributed by atoms with E-state index in [0.717, 1.165) is 0 Å². The van der Waals surface area contributed by atoms with Gasteiger partial charge < -0.3 is 0 Å². The minimum atomic E-state index is 0.146. The lowest BCUT2D eigenvalue weighted by Gasteiger charge is -2.28. The average Bonchev–Trinajstić information content (AvgIpc) is 2.73. The van der Waals surface area contributed by atoms with Crippen LogP contribution in [-0.2, 0) is 5.41 Å². The molecule has 0 amide bonds. The summed E-state index contributed by atoms with van der Waals surface area (Å²) in [6.45, 7) is 10.9. The van der Waals surface area contributed by atoms with Gasteiger partial charge in [0.2, 0.25) is 0 Å². The lowest BCUT2D eigenvalue weighted by molar-refractivity contribution is 0.381. The fourth-order valence-corrected chi connectivity index (χ4v) is 4.30. The first-order valence-corrected chi connectivity index (χ1v) is 9.22. The molecular weight excluding hydrogens is 391 g/mol. The molecule has 0 spiro atoms. The van der Waals surface area contributed by atoms with Crippen LogP contribution in [0.25, 0.3) is 11.1 Å². The lowest BCUT2D eigenvalue weighted by atomic mass is 9.76. The zero-order valence-electron chi connectivity index (χ0n) is 14.0. The average molecular weight is 414 g/mol. The second-order valence-corrected chi connectivity index (χ2v) is 8.21. The molecule has 0 saturated carbocycles. The first-order valence-electron chi connectivity index (χ1n) is 8.14. The standard InChI is InChI=1S/C22H23I/c1-5-6-7-20-15(2)19-13-10-17(14-21(19)22(20,3)4)16-8-11-18(23)12-9-16/h5-15,20H,1H2,2-4H3/b7-6-/t15?,20-/m0/s1. The second-order valence-electron chi connectivity index (χ2n) is 6.97. The second kappa shape index (κ2) is 6.27. The Balaban J connectivity index is 2.06. The summed E-state index contributed by atoms with van der Waals surface area (Å²) in [7, 11) is 0. The highest BCUT2D eigenvalue weighted by Gasteiger charge is 2.42. The Morgan fingerprint density at radius 3 is 2.35 bits per heavy atom. The molecule has 0 bridgehead atoms. The molecular formula is C22H23I. The molecule has 0 aliphatic heterocycles. The van der Waals surface area contributed by atoms with Gasteiger partial charge in [-0.15, -0.1) is 0 Å². The molecule has 0 fully saturated rings. The van der Waals surface area contributed by atoms with E-state index in [0.29, 0.717) is 11.8 Å². The Morgan fingerprint density at radius 1 is 1.04 bits per heavy atom. The van der Waals surface area contributed by atoms with E-state index in [1.165, 1.54) is 25.8 Å². The van der Waals surface area contributed by atoms with Crippen LogP contribution in [0.15, 0.2) is 67.3 Å². The zero-order chi connectivity index (χ0) is 16.6. The molecule has 2 aromatic rings. The molecule has 0 aromatic heterocycles. The minimum absolute atomic E-state index is 0.146. The number of benzene rings is 2. The van der Waals surface area contributed by atoms with Gasteiger partial charge in [0.1, 0.15) is 0 Å². The summed E-state index contributed by atoms with van der Waals surface area (Å²) in [5.74, 6) is 1.06. The summed E-state index contributed by atoms with van der Waals surface area (Å²) in [6.07, 6.45) is 6.29. The van der Waals surface area contributed by atoms with Crippen LogP contribution in [0.1, 0.15) is 37.8 Å². The largest absolute Gasteiger partial charge is 0.0991 e. The third-order valence-electron chi connectivity index (χ3n) is 5.24. The number of fused-ring (bicyclic) bond motifs is 1. The van der Waals surface area contributed by atoms with Gasteiger partial charge in [-0.2, -0.15) is 0 Å². The molecule has 1 aliphatic rings. The molecule has 1 aliphatic carbocycles. The number of allylic oxidation sites excluding steroid dienone is 3. The van der Waals surface area contributed by atoms with E-state index in [9.17, 15) is 0 Å². The van der Waals surface area contributed by atoms with Crippen molar-refractivity contribution in [3.8, 4) is 11.1 Å². The third kappa shape index (κ3) is 2.91. The van der Waals surface area contributed by atoms with Crippen molar-refractivity contribution in [1.82, 2.24) is 0 Å². The Hall–Kier alpha value is -1.35. The van der Waals surface area contributed by atoms with E-state index in [1.807, 2.05) is 6.08 Å². The summed E-state index contributed by atoms with van der Waals surface area (Å²) in [5.41, 5.74) is 5.73. The van der Waals surface area contributed by atoms with Gasteiger partial charge in [0.05, 0.1) is 0 Å². The van der Waals surface area contributed by atoms with Crippen LogP contribution in [0.3, 0.4) is 0 Å². The van der Waals surface area contributed by atoms with Crippen LogP contribution < -0.4 is 0 Å². The van der Waals surface area contributed by atoms with Crippen LogP contribution in [0.2, 0.25) is 0 Å². The van der Waals surface area contributed by atoms with E-state index in [-0.39, 0.29) is 5.41 Å². The van der Waals surface area contributed by atoms with Gasteiger partial charge >= 0.3 is 0 Å². The van der Waals surface area contributed by atoms with E-state index < -0.39 is 0 Å². The van der Waals surface area contributed by atoms with Crippen molar-refractivity contribution in [2.75, 3.05) is 0 Å². The van der Waals surface area contributed by atoms with Crippen LogP contribution in [0.4, 0.5) is 0 Å². The maximum absolute atomic E-state index is 3.82. The van der Waals surface area contributed by atoms with Gasteiger partial charge in [0.25, 0.3) is 0 Å². The quantitative estimate of drug-likeness (QED) is 0.387. The molecule has 1 unspecified atom stereocenters. The van der Waals surface area contributed by atoms with Gasteiger partial charge in [-0.05, 0) is 74.2 Å². The Kier molecular flexibility index (Phi) is 4.50. The molecule has 2 atom stereocenters. The normalized spacial score (nSPS) is 22.3. The highest BCUT2D eigenvalue weighted by molar-refractivity contribution is 14.1. The summed E-state index contributed by atoms with van der Waals surface area (Å²) in [6, 6.07) is 15.8. The minimum Gasteiger partial charge on any atom is -0.0991 e. The molecule has 0 saturated heterocycles. The van der Waals surface area contributed by atoms with Gasteiger partial charge in [-0.25, -0.2) is 0 Å². The monoisotopic (exact) mass is 414 g/mol. The summed E-state index contributed by atoms with van der Waals surface area (Å²) < 4.78 is 1.27. The van der Waals surface area contributed by atoms with Crippen LogP contribution in [-0.4, -0.2) is 0 Å². The summed E-state index contributed by atoms with van der Waals surface area (Å²) in [4.78, 5) is 0. The molecule has 0 radical (unpaired) electrons. The topological polar surface area (TPSA) is 0 Å². The van der Waals surface area contributed by atoms with Crippen LogP contribution in [0.5, 0.6) is 0 Å².